The van der Waals surface area contributed by atoms with E-state index in [2.05, 4.69) is 5.32 Å². The van der Waals surface area contributed by atoms with Crippen LogP contribution in [0.25, 0.3) is 0 Å². The number of benzene rings is 2. The second-order valence-corrected chi connectivity index (χ2v) is 7.29. The smallest absolute Gasteiger partial charge is 0.416 e. The van der Waals surface area contributed by atoms with Gasteiger partial charge in [-0.15, -0.1) is 0 Å². The average Bonchev–Trinajstić information content (AvgIpc) is 2.73. The molecule has 0 aliphatic carbocycles. The molecule has 166 valence electrons. The largest absolute Gasteiger partial charge is 0.481 e. The van der Waals surface area contributed by atoms with Gasteiger partial charge in [-0.1, -0.05) is 30.3 Å². The first-order valence-corrected chi connectivity index (χ1v) is 9.84. The van der Waals surface area contributed by atoms with Crippen LogP contribution in [0.2, 0.25) is 0 Å². The maximum absolute atomic E-state index is 13.2. The van der Waals surface area contributed by atoms with Crippen LogP contribution >= 0.6 is 0 Å². The van der Waals surface area contributed by atoms with E-state index in [1.807, 2.05) is 4.90 Å². The lowest BCUT2D eigenvalue weighted by molar-refractivity contribution is -0.138. The van der Waals surface area contributed by atoms with Crippen LogP contribution in [0.15, 0.2) is 48.5 Å². The van der Waals surface area contributed by atoms with Crippen LogP contribution in [-0.2, 0) is 20.5 Å². The molecule has 1 heterocycles. The van der Waals surface area contributed by atoms with Gasteiger partial charge in [-0.25, -0.2) is 0 Å². The van der Waals surface area contributed by atoms with Crippen LogP contribution < -0.4 is 10.2 Å². The monoisotopic (exact) mass is 436 g/mol. The Balaban J connectivity index is 1.84. The molecule has 0 bridgehead atoms. The maximum Gasteiger partial charge on any atom is 0.416 e. The molecule has 2 N–H and O–H groups in total. The molecule has 1 aliphatic heterocycles. The summed E-state index contributed by atoms with van der Waals surface area (Å²) in [6.07, 6.45) is -5.00. The van der Waals surface area contributed by atoms with Crippen molar-refractivity contribution in [2.75, 3.05) is 36.5 Å². The standard InChI is InChI=1S/C22H23F3N2O4/c23-22(24,25)17-6-7-19(27-8-10-31-11-9-27)18(14-17)26-20(28)12-16(13-21(29)30)15-4-2-1-3-5-15/h1-7,14,16H,8-13H2,(H,26,28)(H,29,30)/t16-/m1/s1. The number of carboxylic acids is 1. The van der Waals surface area contributed by atoms with Crippen molar-refractivity contribution in [3.63, 3.8) is 0 Å². The molecule has 1 aliphatic rings. The molecular formula is C22H23F3N2O4. The van der Waals surface area contributed by atoms with E-state index in [0.717, 1.165) is 12.1 Å². The third kappa shape index (κ3) is 6.21. The molecule has 31 heavy (non-hydrogen) atoms. The van der Waals surface area contributed by atoms with Gasteiger partial charge in [0, 0.05) is 25.4 Å². The number of ether oxygens (including phenoxy) is 1. The van der Waals surface area contributed by atoms with Crippen molar-refractivity contribution in [2.45, 2.75) is 24.9 Å². The van der Waals surface area contributed by atoms with Gasteiger partial charge in [0.15, 0.2) is 0 Å². The van der Waals surface area contributed by atoms with Crippen molar-refractivity contribution >= 4 is 23.3 Å². The summed E-state index contributed by atoms with van der Waals surface area (Å²) in [5, 5.41) is 11.8. The number of alkyl halides is 3. The van der Waals surface area contributed by atoms with E-state index in [9.17, 15) is 27.9 Å². The number of hydrogen-bond acceptors (Lipinski definition) is 4. The predicted octanol–water partition coefficient (Wildman–Crippen LogP) is 4.13. The molecule has 0 unspecified atom stereocenters. The van der Waals surface area contributed by atoms with Crippen molar-refractivity contribution in [1.82, 2.24) is 0 Å². The summed E-state index contributed by atoms with van der Waals surface area (Å²) >= 11 is 0. The van der Waals surface area contributed by atoms with Gasteiger partial charge in [0.05, 0.1) is 36.6 Å². The van der Waals surface area contributed by atoms with E-state index in [4.69, 9.17) is 4.74 Å². The van der Waals surface area contributed by atoms with Crippen LogP contribution in [0, 0.1) is 0 Å². The summed E-state index contributed by atoms with van der Waals surface area (Å²) in [4.78, 5) is 25.9. The Hall–Kier alpha value is -3.07. The second kappa shape index (κ2) is 9.82. The minimum absolute atomic E-state index is 0.0452. The van der Waals surface area contributed by atoms with E-state index in [-0.39, 0.29) is 18.5 Å². The fraction of sp³-hybridized carbons (Fsp3) is 0.364. The van der Waals surface area contributed by atoms with Gasteiger partial charge < -0.3 is 20.1 Å². The number of nitrogens with one attached hydrogen (secondary N) is 1. The van der Waals surface area contributed by atoms with Gasteiger partial charge >= 0.3 is 12.1 Å². The van der Waals surface area contributed by atoms with Crippen LogP contribution in [0.4, 0.5) is 24.5 Å². The summed E-state index contributed by atoms with van der Waals surface area (Å²) in [5.74, 6) is -2.21. The Morgan fingerprint density at radius 1 is 1.06 bits per heavy atom. The summed E-state index contributed by atoms with van der Waals surface area (Å²) < 4.78 is 45.0. The van der Waals surface area contributed by atoms with Gasteiger partial charge in [-0.05, 0) is 23.8 Å². The lowest BCUT2D eigenvalue weighted by Crippen LogP contribution is -2.37. The molecule has 2 aromatic carbocycles. The predicted molar refractivity (Wildman–Crippen MR) is 109 cm³/mol. The fourth-order valence-corrected chi connectivity index (χ4v) is 3.56. The molecule has 0 radical (unpaired) electrons. The minimum Gasteiger partial charge on any atom is -0.481 e. The molecule has 0 spiro atoms. The Labute approximate surface area is 177 Å². The molecule has 1 amide bonds. The zero-order chi connectivity index (χ0) is 22.4. The molecule has 1 fully saturated rings. The molecule has 0 aromatic heterocycles. The molecule has 1 atom stereocenters. The SMILES string of the molecule is O=C(O)C[C@@H](CC(=O)Nc1cc(C(F)(F)F)ccc1N1CCOCC1)c1ccccc1. The molecular weight excluding hydrogens is 413 g/mol. The van der Waals surface area contributed by atoms with Gasteiger partial charge in [-0.2, -0.15) is 13.2 Å². The quantitative estimate of drug-likeness (QED) is 0.683. The summed E-state index contributed by atoms with van der Waals surface area (Å²) in [5.41, 5.74) is 0.324. The number of carbonyl (C=O) groups excluding carboxylic acids is 1. The number of morpholine rings is 1. The van der Waals surface area contributed by atoms with Crippen LogP contribution in [0.5, 0.6) is 0 Å². The van der Waals surface area contributed by atoms with Crippen LogP contribution in [0.3, 0.4) is 0 Å². The lowest BCUT2D eigenvalue weighted by atomic mass is 9.92. The normalized spacial score (nSPS) is 15.4. The molecule has 9 heteroatoms. The summed E-state index contributed by atoms with van der Waals surface area (Å²) in [7, 11) is 0. The van der Waals surface area contributed by atoms with Crippen LogP contribution in [-0.4, -0.2) is 43.3 Å². The summed E-state index contributed by atoms with van der Waals surface area (Å²) in [6, 6.07) is 12.0. The molecule has 1 saturated heterocycles. The number of halogens is 3. The Kier molecular flexibility index (Phi) is 7.17. The average molecular weight is 436 g/mol. The number of aliphatic carboxylic acids is 1. The Bertz CT molecular complexity index is 913. The third-order valence-corrected chi connectivity index (χ3v) is 5.07. The van der Waals surface area contributed by atoms with E-state index in [1.165, 1.54) is 6.07 Å². The van der Waals surface area contributed by atoms with Crippen molar-refractivity contribution in [3.8, 4) is 0 Å². The number of rotatable bonds is 7. The summed E-state index contributed by atoms with van der Waals surface area (Å²) in [6.45, 7) is 1.84. The maximum atomic E-state index is 13.2. The lowest BCUT2D eigenvalue weighted by Gasteiger charge is -2.31. The van der Waals surface area contributed by atoms with Crippen molar-refractivity contribution in [3.05, 3.63) is 59.7 Å². The van der Waals surface area contributed by atoms with E-state index in [0.29, 0.717) is 37.6 Å². The number of nitrogens with zero attached hydrogens (tertiary/aromatic N) is 1. The van der Waals surface area contributed by atoms with Crippen molar-refractivity contribution in [2.24, 2.45) is 0 Å². The zero-order valence-electron chi connectivity index (χ0n) is 16.7. The highest BCUT2D eigenvalue weighted by atomic mass is 19.4. The van der Waals surface area contributed by atoms with Crippen molar-refractivity contribution in [1.29, 1.82) is 0 Å². The Morgan fingerprint density at radius 2 is 1.74 bits per heavy atom. The van der Waals surface area contributed by atoms with Gasteiger partial charge in [0.2, 0.25) is 5.91 Å². The number of carbonyl (C=O) groups is 2. The van der Waals surface area contributed by atoms with Gasteiger partial charge in [0.25, 0.3) is 0 Å². The molecule has 0 saturated carbocycles. The van der Waals surface area contributed by atoms with E-state index < -0.39 is 29.5 Å². The molecule has 2 aromatic rings. The van der Waals surface area contributed by atoms with Gasteiger partial charge in [0.1, 0.15) is 0 Å². The molecule has 6 nitrogen and oxygen atoms in total. The number of hydrogen-bond donors (Lipinski definition) is 2. The zero-order valence-corrected chi connectivity index (χ0v) is 16.7. The highest BCUT2D eigenvalue weighted by Crippen LogP contribution is 2.36. The topological polar surface area (TPSA) is 78.9 Å². The second-order valence-electron chi connectivity index (χ2n) is 7.29. The van der Waals surface area contributed by atoms with Gasteiger partial charge in [-0.3, -0.25) is 9.59 Å². The first kappa shape index (κ1) is 22.6. The fourth-order valence-electron chi connectivity index (χ4n) is 3.56. The Morgan fingerprint density at radius 3 is 2.35 bits per heavy atom. The number of carboxylic acid groups (broad SMARTS) is 1. The van der Waals surface area contributed by atoms with Crippen molar-refractivity contribution < 1.29 is 32.6 Å². The number of amides is 1. The minimum atomic E-state index is -4.56. The third-order valence-electron chi connectivity index (χ3n) is 5.07. The van der Waals surface area contributed by atoms with Crippen LogP contribution in [0.1, 0.15) is 29.9 Å². The first-order chi connectivity index (χ1) is 14.7. The molecule has 3 rings (SSSR count). The highest BCUT2D eigenvalue weighted by molar-refractivity contribution is 5.95. The van der Waals surface area contributed by atoms with E-state index >= 15 is 0 Å². The number of anilines is 2. The first-order valence-electron chi connectivity index (χ1n) is 9.84. The highest BCUT2D eigenvalue weighted by Gasteiger charge is 2.32. The van der Waals surface area contributed by atoms with E-state index in [1.54, 1.807) is 30.3 Å².